The number of thioether (sulfide) groups is 1. The fraction of sp³-hybridized carbons (Fsp3) is 0.444. The third-order valence-electron chi connectivity index (χ3n) is 4.47. The molecule has 1 fully saturated rings. The molecule has 3 rings (SSSR count). The maximum Gasteiger partial charge on any atom is 0.253 e. The Morgan fingerprint density at radius 2 is 2.08 bits per heavy atom. The first-order valence-electron chi connectivity index (χ1n) is 8.69. The lowest BCUT2D eigenvalue weighted by Crippen LogP contribution is -2.37. The number of anilines is 1. The molecule has 0 aliphatic carbocycles. The van der Waals surface area contributed by atoms with Crippen LogP contribution in [0.2, 0.25) is 0 Å². The van der Waals surface area contributed by atoms with Crippen LogP contribution >= 0.6 is 11.8 Å². The van der Waals surface area contributed by atoms with E-state index in [-0.39, 0.29) is 17.6 Å². The van der Waals surface area contributed by atoms with Crippen LogP contribution in [0.15, 0.2) is 35.7 Å². The van der Waals surface area contributed by atoms with E-state index in [1.54, 1.807) is 35.2 Å². The first-order valence-corrected chi connectivity index (χ1v) is 9.67. The highest BCUT2D eigenvalue weighted by Crippen LogP contribution is 2.20. The first-order chi connectivity index (χ1) is 12.5. The highest BCUT2D eigenvalue weighted by atomic mass is 32.2. The molecule has 0 atom stereocenters. The van der Waals surface area contributed by atoms with E-state index in [9.17, 15) is 9.59 Å². The predicted molar refractivity (Wildman–Crippen MR) is 101 cm³/mol. The van der Waals surface area contributed by atoms with Crippen molar-refractivity contribution < 1.29 is 9.59 Å². The number of nitrogens with zero attached hydrogens (tertiary/aromatic N) is 4. The molecule has 2 amide bonds. The first kappa shape index (κ1) is 18.4. The third-order valence-corrected chi connectivity index (χ3v) is 5.50. The molecular formula is C18H23N5O2S. The van der Waals surface area contributed by atoms with Crippen molar-refractivity contribution in [3.63, 3.8) is 0 Å². The van der Waals surface area contributed by atoms with E-state index in [0.29, 0.717) is 22.3 Å². The highest BCUT2D eigenvalue weighted by molar-refractivity contribution is 7.99. The molecule has 0 bridgehead atoms. The number of nitrogens with one attached hydrogen (secondary N) is 1. The Morgan fingerprint density at radius 3 is 2.77 bits per heavy atom. The Labute approximate surface area is 157 Å². The lowest BCUT2D eigenvalue weighted by molar-refractivity contribution is -0.113. The van der Waals surface area contributed by atoms with Gasteiger partial charge in [0.15, 0.2) is 5.16 Å². The van der Waals surface area contributed by atoms with E-state index in [0.717, 1.165) is 25.9 Å². The summed E-state index contributed by atoms with van der Waals surface area (Å²) in [5, 5.41) is 11.2. The van der Waals surface area contributed by atoms with Gasteiger partial charge in [0, 0.05) is 31.4 Å². The summed E-state index contributed by atoms with van der Waals surface area (Å²) in [7, 11) is 1.83. The van der Waals surface area contributed by atoms with Crippen molar-refractivity contribution in [1.82, 2.24) is 19.7 Å². The number of rotatable bonds is 5. The molecule has 1 saturated heterocycles. The van der Waals surface area contributed by atoms with Gasteiger partial charge in [-0.3, -0.25) is 9.59 Å². The van der Waals surface area contributed by atoms with Crippen LogP contribution in [0.5, 0.6) is 0 Å². The van der Waals surface area contributed by atoms with Crippen LogP contribution in [0.25, 0.3) is 0 Å². The molecule has 1 aromatic carbocycles. The average Bonchev–Trinajstić information content (AvgIpc) is 3.05. The van der Waals surface area contributed by atoms with Gasteiger partial charge in [-0.05, 0) is 37.0 Å². The number of benzene rings is 1. The molecule has 0 spiro atoms. The van der Waals surface area contributed by atoms with Crippen LogP contribution < -0.4 is 5.32 Å². The van der Waals surface area contributed by atoms with Gasteiger partial charge in [0.2, 0.25) is 5.91 Å². The molecule has 0 saturated carbocycles. The summed E-state index contributed by atoms with van der Waals surface area (Å²) in [5.74, 6) is 0.793. The minimum Gasteiger partial charge on any atom is -0.339 e. The molecule has 2 aromatic rings. The Kier molecular flexibility index (Phi) is 5.92. The van der Waals surface area contributed by atoms with E-state index in [1.165, 1.54) is 11.8 Å². The molecule has 26 heavy (non-hydrogen) atoms. The normalized spacial score (nSPS) is 15.1. The Morgan fingerprint density at radius 1 is 1.31 bits per heavy atom. The molecule has 1 aliphatic heterocycles. The second-order valence-corrected chi connectivity index (χ2v) is 7.56. The topological polar surface area (TPSA) is 80.1 Å². The van der Waals surface area contributed by atoms with Crippen molar-refractivity contribution >= 4 is 29.3 Å². The minimum atomic E-state index is -0.144. The van der Waals surface area contributed by atoms with Crippen molar-refractivity contribution in [2.75, 3.05) is 24.2 Å². The van der Waals surface area contributed by atoms with Crippen molar-refractivity contribution in [2.45, 2.75) is 24.9 Å². The summed E-state index contributed by atoms with van der Waals surface area (Å²) in [4.78, 5) is 26.7. The molecule has 1 aliphatic rings. The number of amides is 2. The number of hydrogen-bond acceptors (Lipinski definition) is 5. The number of carbonyl (C=O) groups is 2. The van der Waals surface area contributed by atoms with Gasteiger partial charge in [0.25, 0.3) is 5.91 Å². The largest absolute Gasteiger partial charge is 0.339 e. The fourth-order valence-electron chi connectivity index (χ4n) is 2.85. The second-order valence-electron chi connectivity index (χ2n) is 6.62. The van der Waals surface area contributed by atoms with Gasteiger partial charge in [0.05, 0.1) is 5.75 Å². The van der Waals surface area contributed by atoms with Gasteiger partial charge in [-0.15, -0.1) is 10.2 Å². The maximum absolute atomic E-state index is 12.7. The van der Waals surface area contributed by atoms with Gasteiger partial charge >= 0.3 is 0 Å². The molecule has 1 N–H and O–H groups in total. The molecule has 7 nitrogen and oxygen atoms in total. The number of likely N-dealkylation sites (tertiary alicyclic amines) is 1. The van der Waals surface area contributed by atoms with Crippen LogP contribution in [0, 0.1) is 5.92 Å². The smallest absolute Gasteiger partial charge is 0.253 e. The maximum atomic E-state index is 12.7. The standard InChI is InChI=1S/C18H23N5O2S/c1-13-6-8-23(9-7-13)17(25)14-4-3-5-15(10-14)20-16(24)11-26-18-21-19-12-22(18)2/h3-5,10,12-13H,6-9,11H2,1-2H3,(H,20,24). The number of carbonyl (C=O) groups excluding carboxylic acids is 2. The highest BCUT2D eigenvalue weighted by Gasteiger charge is 2.21. The summed E-state index contributed by atoms with van der Waals surface area (Å²) in [6.45, 7) is 3.81. The summed E-state index contributed by atoms with van der Waals surface area (Å²) in [5.41, 5.74) is 1.24. The van der Waals surface area contributed by atoms with Crippen molar-refractivity contribution in [3.8, 4) is 0 Å². The zero-order valence-corrected chi connectivity index (χ0v) is 15.8. The van der Waals surface area contributed by atoms with Crippen molar-refractivity contribution in [1.29, 1.82) is 0 Å². The number of aryl methyl sites for hydroxylation is 1. The summed E-state index contributed by atoms with van der Waals surface area (Å²) < 4.78 is 1.76. The summed E-state index contributed by atoms with van der Waals surface area (Å²) in [6.07, 6.45) is 3.68. The molecule has 1 aromatic heterocycles. The van der Waals surface area contributed by atoms with E-state index >= 15 is 0 Å². The molecule has 2 heterocycles. The summed E-state index contributed by atoms with van der Waals surface area (Å²) in [6, 6.07) is 7.13. The predicted octanol–water partition coefficient (Wildman–Crippen LogP) is 2.42. The molecule has 0 radical (unpaired) electrons. The minimum absolute atomic E-state index is 0.0291. The van der Waals surface area contributed by atoms with Crippen LogP contribution in [-0.2, 0) is 11.8 Å². The van der Waals surface area contributed by atoms with Crippen LogP contribution in [0.4, 0.5) is 5.69 Å². The number of piperidine rings is 1. The molecule has 8 heteroatoms. The van der Waals surface area contributed by atoms with Gasteiger partial charge in [-0.1, -0.05) is 24.8 Å². The van der Waals surface area contributed by atoms with Crippen LogP contribution in [-0.4, -0.2) is 50.3 Å². The quantitative estimate of drug-likeness (QED) is 0.814. The SMILES string of the molecule is CC1CCN(C(=O)c2cccc(NC(=O)CSc3nncn3C)c2)CC1. The Hall–Kier alpha value is -2.35. The van der Waals surface area contributed by atoms with E-state index in [4.69, 9.17) is 0 Å². The Balaban J connectivity index is 1.57. The molecule has 138 valence electrons. The lowest BCUT2D eigenvalue weighted by atomic mass is 9.98. The van der Waals surface area contributed by atoms with Crippen LogP contribution in [0.3, 0.4) is 0 Å². The van der Waals surface area contributed by atoms with Crippen molar-refractivity contribution in [3.05, 3.63) is 36.2 Å². The number of hydrogen-bond donors (Lipinski definition) is 1. The summed E-state index contributed by atoms with van der Waals surface area (Å²) >= 11 is 1.32. The number of aromatic nitrogens is 3. The van der Waals surface area contributed by atoms with E-state index < -0.39 is 0 Å². The lowest BCUT2D eigenvalue weighted by Gasteiger charge is -2.30. The third kappa shape index (κ3) is 4.63. The molecule has 0 unspecified atom stereocenters. The van der Waals surface area contributed by atoms with Crippen LogP contribution in [0.1, 0.15) is 30.1 Å². The van der Waals surface area contributed by atoms with Gasteiger partial charge in [0.1, 0.15) is 6.33 Å². The zero-order valence-electron chi connectivity index (χ0n) is 15.0. The zero-order chi connectivity index (χ0) is 18.5. The molecular weight excluding hydrogens is 350 g/mol. The Bertz CT molecular complexity index is 783. The average molecular weight is 373 g/mol. The van der Waals surface area contributed by atoms with Gasteiger partial charge in [-0.2, -0.15) is 0 Å². The second kappa shape index (κ2) is 8.35. The van der Waals surface area contributed by atoms with E-state index in [2.05, 4.69) is 22.4 Å². The monoisotopic (exact) mass is 373 g/mol. The van der Waals surface area contributed by atoms with Gasteiger partial charge < -0.3 is 14.8 Å². The van der Waals surface area contributed by atoms with E-state index in [1.807, 2.05) is 11.9 Å². The van der Waals surface area contributed by atoms with Crippen molar-refractivity contribution in [2.24, 2.45) is 13.0 Å². The fourth-order valence-corrected chi connectivity index (χ4v) is 3.54. The van der Waals surface area contributed by atoms with Gasteiger partial charge in [-0.25, -0.2) is 0 Å².